The number of nitrogens with zero attached hydrogens (tertiary/aromatic N) is 1. The number of hydrogen-bond acceptors (Lipinski definition) is 4. The van der Waals surface area contributed by atoms with E-state index in [4.69, 9.17) is 4.74 Å². The van der Waals surface area contributed by atoms with E-state index in [9.17, 15) is 9.90 Å². The van der Waals surface area contributed by atoms with Crippen LogP contribution >= 0.6 is 11.8 Å². The summed E-state index contributed by atoms with van der Waals surface area (Å²) in [5.41, 5.74) is 0. The molecule has 0 unspecified atom stereocenters. The highest BCUT2D eigenvalue weighted by Crippen LogP contribution is 2.11. The van der Waals surface area contributed by atoms with Crippen molar-refractivity contribution in [3.8, 4) is 0 Å². The fourth-order valence-electron chi connectivity index (χ4n) is 1.57. The number of carbonyl (C=O) groups is 1. The molecule has 0 saturated carbocycles. The molecule has 1 aliphatic heterocycles. The number of hydrogen-bond donors (Lipinski definition) is 1. The molecule has 1 heterocycles. The van der Waals surface area contributed by atoms with E-state index in [0.29, 0.717) is 18.9 Å². The molecule has 0 spiro atoms. The second-order valence-corrected chi connectivity index (χ2v) is 4.79. The molecule has 1 N–H and O–H groups in total. The zero-order chi connectivity index (χ0) is 11.1. The summed E-state index contributed by atoms with van der Waals surface area (Å²) in [6.45, 7) is 1.98. The largest absolute Gasteiger partial charge is 0.391 e. The van der Waals surface area contributed by atoms with Crippen molar-refractivity contribution in [1.82, 2.24) is 4.90 Å². The number of rotatable bonds is 5. The maximum Gasteiger partial charge on any atom is 0.232 e. The first-order chi connectivity index (χ1) is 7.24. The highest BCUT2D eigenvalue weighted by molar-refractivity contribution is 7.99. The zero-order valence-electron chi connectivity index (χ0n) is 9.15. The third kappa shape index (κ3) is 4.86. The van der Waals surface area contributed by atoms with Gasteiger partial charge in [0, 0.05) is 26.0 Å². The van der Waals surface area contributed by atoms with E-state index in [0.717, 1.165) is 25.1 Å². The van der Waals surface area contributed by atoms with Gasteiger partial charge in [-0.25, -0.2) is 0 Å². The van der Waals surface area contributed by atoms with Crippen molar-refractivity contribution >= 4 is 17.7 Å². The van der Waals surface area contributed by atoms with Gasteiger partial charge in [0.2, 0.25) is 5.91 Å². The minimum Gasteiger partial charge on any atom is -0.391 e. The smallest absolute Gasteiger partial charge is 0.232 e. The van der Waals surface area contributed by atoms with E-state index in [1.807, 2.05) is 0 Å². The van der Waals surface area contributed by atoms with Crippen molar-refractivity contribution < 1.29 is 14.6 Å². The molecule has 4 nitrogen and oxygen atoms in total. The summed E-state index contributed by atoms with van der Waals surface area (Å²) in [5, 5.41) is 9.42. The van der Waals surface area contributed by atoms with E-state index >= 15 is 0 Å². The molecule has 0 radical (unpaired) electrons. The first-order valence-electron chi connectivity index (χ1n) is 5.26. The molecule has 0 aromatic carbocycles. The van der Waals surface area contributed by atoms with Crippen molar-refractivity contribution in [2.24, 2.45) is 0 Å². The second kappa shape index (κ2) is 7.09. The SMILES string of the molecule is COCCSCC(=O)N1CCC[C@H](O)C1. The quantitative estimate of drug-likeness (QED) is 0.696. The van der Waals surface area contributed by atoms with Gasteiger partial charge in [0.05, 0.1) is 18.5 Å². The topological polar surface area (TPSA) is 49.8 Å². The average Bonchev–Trinajstić information content (AvgIpc) is 2.24. The third-order valence-electron chi connectivity index (χ3n) is 2.41. The van der Waals surface area contributed by atoms with E-state index in [2.05, 4.69) is 0 Å². The summed E-state index contributed by atoms with van der Waals surface area (Å²) in [6.07, 6.45) is 1.41. The Morgan fingerprint density at radius 1 is 1.67 bits per heavy atom. The average molecular weight is 233 g/mol. The third-order valence-corrected chi connectivity index (χ3v) is 3.31. The minimum atomic E-state index is -0.327. The Balaban J connectivity index is 2.15. The molecule has 1 saturated heterocycles. The maximum absolute atomic E-state index is 11.7. The van der Waals surface area contributed by atoms with E-state index < -0.39 is 0 Å². The first-order valence-corrected chi connectivity index (χ1v) is 6.42. The summed E-state index contributed by atoms with van der Waals surface area (Å²) in [4.78, 5) is 13.4. The summed E-state index contributed by atoms with van der Waals surface area (Å²) in [6, 6.07) is 0. The van der Waals surface area contributed by atoms with Crippen LogP contribution in [0, 0.1) is 0 Å². The Hall–Kier alpha value is -0.260. The zero-order valence-corrected chi connectivity index (χ0v) is 9.96. The van der Waals surface area contributed by atoms with Crippen LogP contribution in [0.25, 0.3) is 0 Å². The van der Waals surface area contributed by atoms with Crippen molar-refractivity contribution in [3.63, 3.8) is 0 Å². The summed E-state index contributed by atoms with van der Waals surface area (Å²) in [5.74, 6) is 1.48. The second-order valence-electron chi connectivity index (χ2n) is 3.68. The van der Waals surface area contributed by atoms with E-state index in [1.165, 1.54) is 0 Å². The van der Waals surface area contributed by atoms with Crippen LogP contribution in [0.1, 0.15) is 12.8 Å². The molecule has 1 aliphatic rings. The molecule has 0 aliphatic carbocycles. The van der Waals surface area contributed by atoms with E-state index in [-0.39, 0.29) is 12.0 Å². The molecule has 5 heteroatoms. The van der Waals surface area contributed by atoms with Crippen molar-refractivity contribution in [2.45, 2.75) is 18.9 Å². The van der Waals surface area contributed by atoms with Gasteiger partial charge in [0.1, 0.15) is 0 Å². The number of ether oxygens (including phenoxy) is 1. The van der Waals surface area contributed by atoms with Crippen LogP contribution in [0.3, 0.4) is 0 Å². The fourth-order valence-corrected chi connectivity index (χ4v) is 2.36. The lowest BCUT2D eigenvalue weighted by molar-refractivity contribution is -0.131. The van der Waals surface area contributed by atoms with Crippen LogP contribution in [0.4, 0.5) is 0 Å². The van der Waals surface area contributed by atoms with Gasteiger partial charge < -0.3 is 14.7 Å². The van der Waals surface area contributed by atoms with Gasteiger partial charge in [0.25, 0.3) is 0 Å². The van der Waals surface area contributed by atoms with Crippen LogP contribution < -0.4 is 0 Å². The highest BCUT2D eigenvalue weighted by atomic mass is 32.2. The fraction of sp³-hybridized carbons (Fsp3) is 0.900. The van der Waals surface area contributed by atoms with Gasteiger partial charge in [-0.2, -0.15) is 0 Å². The van der Waals surface area contributed by atoms with Gasteiger partial charge in [-0.15, -0.1) is 11.8 Å². The number of thioether (sulfide) groups is 1. The summed E-state index contributed by atoms with van der Waals surface area (Å²) in [7, 11) is 1.66. The van der Waals surface area contributed by atoms with Crippen LogP contribution in [0.5, 0.6) is 0 Å². The lowest BCUT2D eigenvalue weighted by atomic mass is 10.1. The van der Waals surface area contributed by atoms with Gasteiger partial charge in [0.15, 0.2) is 0 Å². The van der Waals surface area contributed by atoms with Crippen LogP contribution in [0.2, 0.25) is 0 Å². The maximum atomic E-state index is 11.7. The number of carbonyl (C=O) groups excluding carboxylic acids is 1. The van der Waals surface area contributed by atoms with Gasteiger partial charge >= 0.3 is 0 Å². The Kier molecular flexibility index (Phi) is 6.05. The standard InChI is InChI=1S/C10H19NO3S/c1-14-5-6-15-8-10(13)11-4-2-3-9(12)7-11/h9,12H,2-8H2,1H3/t9-/m0/s1. The Morgan fingerprint density at radius 2 is 2.47 bits per heavy atom. The highest BCUT2D eigenvalue weighted by Gasteiger charge is 2.21. The van der Waals surface area contributed by atoms with Gasteiger partial charge in [-0.05, 0) is 12.8 Å². The number of piperidine rings is 1. The molecule has 88 valence electrons. The number of methoxy groups -OCH3 is 1. The van der Waals surface area contributed by atoms with Crippen LogP contribution in [0.15, 0.2) is 0 Å². The molecule has 15 heavy (non-hydrogen) atoms. The van der Waals surface area contributed by atoms with Crippen LogP contribution in [-0.4, -0.2) is 60.3 Å². The molecule has 0 aromatic heterocycles. The molecule has 1 atom stereocenters. The Bertz CT molecular complexity index is 201. The normalized spacial score (nSPS) is 21.7. The first kappa shape index (κ1) is 12.8. The Labute approximate surface area is 95.0 Å². The Morgan fingerprint density at radius 3 is 3.13 bits per heavy atom. The lowest BCUT2D eigenvalue weighted by Crippen LogP contribution is -2.43. The molecule has 1 fully saturated rings. The van der Waals surface area contributed by atoms with Gasteiger partial charge in [-0.1, -0.05) is 0 Å². The van der Waals surface area contributed by atoms with Gasteiger partial charge in [-0.3, -0.25) is 4.79 Å². The number of aliphatic hydroxyl groups is 1. The molecular formula is C10H19NO3S. The van der Waals surface area contributed by atoms with Crippen molar-refractivity contribution in [3.05, 3.63) is 0 Å². The number of amides is 1. The van der Waals surface area contributed by atoms with Crippen molar-refractivity contribution in [1.29, 1.82) is 0 Å². The molecule has 0 aromatic rings. The number of likely N-dealkylation sites (tertiary alicyclic amines) is 1. The lowest BCUT2D eigenvalue weighted by Gasteiger charge is -2.30. The molecule has 1 amide bonds. The monoisotopic (exact) mass is 233 g/mol. The molecular weight excluding hydrogens is 214 g/mol. The summed E-state index contributed by atoms with van der Waals surface area (Å²) < 4.78 is 4.90. The van der Waals surface area contributed by atoms with Crippen LogP contribution in [-0.2, 0) is 9.53 Å². The summed E-state index contributed by atoms with van der Waals surface area (Å²) >= 11 is 1.58. The number of β-amino-alcohol motifs (C(OH)–C–C–N with tert-alkyl or cyclic N) is 1. The molecule has 1 rings (SSSR count). The predicted molar refractivity (Wildman–Crippen MR) is 61.0 cm³/mol. The predicted octanol–water partition coefficient (Wildman–Crippen LogP) is 0.349. The minimum absolute atomic E-state index is 0.134. The van der Waals surface area contributed by atoms with E-state index in [1.54, 1.807) is 23.8 Å². The molecule has 0 bridgehead atoms. The van der Waals surface area contributed by atoms with Crippen molar-refractivity contribution in [2.75, 3.05) is 38.3 Å². The number of aliphatic hydroxyl groups excluding tert-OH is 1.